The summed E-state index contributed by atoms with van der Waals surface area (Å²) in [6.07, 6.45) is 3.11. The molecule has 2 rings (SSSR count). The minimum Gasteiger partial charge on any atom is -0.313 e. The van der Waals surface area contributed by atoms with Gasteiger partial charge >= 0.3 is 0 Å². The van der Waals surface area contributed by atoms with Crippen molar-refractivity contribution in [3.05, 3.63) is 35.4 Å². The first-order valence-electron chi connectivity index (χ1n) is 5.36. The van der Waals surface area contributed by atoms with Gasteiger partial charge in [-0.3, -0.25) is 0 Å². The van der Waals surface area contributed by atoms with Gasteiger partial charge in [-0.25, -0.2) is 0 Å². The molecule has 2 nitrogen and oxygen atoms in total. The summed E-state index contributed by atoms with van der Waals surface area (Å²) in [5.41, 5.74) is 2.71. The van der Waals surface area contributed by atoms with Crippen molar-refractivity contribution in [2.24, 2.45) is 0 Å². The topological polar surface area (TPSA) is 23.5 Å². The van der Waals surface area contributed by atoms with E-state index in [1.54, 1.807) is 0 Å². The van der Waals surface area contributed by atoms with Crippen molar-refractivity contribution < 1.29 is 5.21 Å². The molecule has 0 radical (unpaired) electrons. The molecular weight excluding hydrogens is 174 g/mol. The third-order valence-corrected chi connectivity index (χ3v) is 2.95. The van der Waals surface area contributed by atoms with Crippen molar-refractivity contribution in [2.45, 2.75) is 32.2 Å². The van der Waals surface area contributed by atoms with E-state index in [4.69, 9.17) is 0 Å². The Morgan fingerprint density at radius 3 is 3.00 bits per heavy atom. The van der Waals surface area contributed by atoms with Crippen molar-refractivity contribution in [1.29, 1.82) is 0 Å². The predicted molar refractivity (Wildman–Crippen MR) is 56.3 cm³/mol. The minimum absolute atomic E-state index is 0.213. The lowest BCUT2D eigenvalue weighted by atomic mass is 9.91. The lowest BCUT2D eigenvalue weighted by molar-refractivity contribution is -0.135. The average Bonchev–Trinajstić information content (AvgIpc) is 2.23. The molecule has 0 amide bonds. The highest BCUT2D eigenvalue weighted by molar-refractivity contribution is 5.31. The van der Waals surface area contributed by atoms with Gasteiger partial charge in [-0.05, 0) is 24.0 Å². The van der Waals surface area contributed by atoms with Gasteiger partial charge in [0.15, 0.2) is 0 Å². The summed E-state index contributed by atoms with van der Waals surface area (Å²) < 4.78 is 0. The standard InChI is InChI=1S/C12H17NO/c1-2-5-12-11-7-4-3-6-10(11)8-9-13(12)14/h3-4,6-7,12,14H,2,5,8-9H2,1H3. The highest BCUT2D eigenvalue weighted by Gasteiger charge is 2.24. The van der Waals surface area contributed by atoms with E-state index in [2.05, 4.69) is 31.2 Å². The van der Waals surface area contributed by atoms with Gasteiger partial charge in [-0.1, -0.05) is 37.6 Å². The molecule has 2 heteroatoms. The SMILES string of the molecule is CCCC1c2ccccc2CCN1O. The fourth-order valence-electron chi connectivity index (χ4n) is 2.22. The van der Waals surface area contributed by atoms with E-state index in [1.165, 1.54) is 16.2 Å². The second-order valence-electron chi connectivity index (χ2n) is 3.92. The number of hydrogen-bond donors (Lipinski definition) is 1. The molecule has 1 aliphatic rings. The Balaban J connectivity index is 2.31. The molecule has 1 heterocycles. The maximum Gasteiger partial charge on any atom is 0.0602 e. The maximum atomic E-state index is 9.78. The summed E-state index contributed by atoms with van der Waals surface area (Å²) in [7, 11) is 0. The van der Waals surface area contributed by atoms with Crippen LogP contribution in [0, 0.1) is 0 Å². The van der Waals surface area contributed by atoms with Crippen LogP contribution in [0.15, 0.2) is 24.3 Å². The summed E-state index contributed by atoms with van der Waals surface area (Å²) in [6.45, 7) is 2.92. The van der Waals surface area contributed by atoms with E-state index in [9.17, 15) is 5.21 Å². The molecule has 76 valence electrons. The Kier molecular flexibility index (Phi) is 2.85. The van der Waals surface area contributed by atoms with E-state index in [0.717, 1.165) is 25.8 Å². The summed E-state index contributed by atoms with van der Waals surface area (Å²) in [4.78, 5) is 0. The zero-order valence-corrected chi connectivity index (χ0v) is 8.61. The molecule has 1 atom stereocenters. The average molecular weight is 191 g/mol. The van der Waals surface area contributed by atoms with Crippen molar-refractivity contribution in [3.8, 4) is 0 Å². The number of fused-ring (bicyclic) bond motifs is 1. The molecule has 1 aromatic rings. The lowest BCUT2D eigenvalue weighted by Gasteiger charge is -2.32. The van der Waals surface area contributed by atoms with Gasteiger partial charge in [-0.15, -0.1) is 0 Å². The normalized spacial score (nSPS) is 22.0. The Morgan fingerprint density at radius 2 is 2.21 bits per heavy atom. The first kappa shape index (κ1) is 9.69. The number of hydroxylamine groups is 2. The van der Waals surface area contributed by atoms with Crippen LogP contribution in [0.2, 0.25) is 0 Å². The summed E-state index contributed by atoms with van der Waals surface area (Å²) in [6, 6.07) is 8.66. The fraction of sp³-hybridized carbons (Fsp3) is 0.500. The zero-order valence-electron chi connectivity index (χ0n) is 8.61. The molecule has 0 spiro atoms. The highest BCUT2D eigenvalue weighted by atomic mass is 16.5. The highest BCUT2D eigenvalue weighted by Crippen LogP contribution is 2.31. The number of rotatable bonds is 2. The van der Waals surface area contributed by atoms with Crippen LogP contribution in [0.3, 0.4) is 0 Å². The van der Waals surface area contributed by atoms with E-state index < -0.39 is 0 Å². The lowest BCUT2D eigenvalue weighted by Crippen LogP contribution is -2.32. The number of hydrogen-bond acceptors (Lipinski definition) is 2. The molecule has 1 N–H and O–H groups in total. The van der Waals surface area contributed by atoms with Crippen LogP contribution in [0.25, 0.3) is 0 Å². The Hall–Kier alpha value is -0.860. The zero-order chi connectivity index (χ0) is 9.97. The van der Waals surface area contributed by atoms with Crippen LogP contribution in [0.5, 0.6) is 0 Å². The molecule has 0 saturated carbocycles. The molecule has 1 aromatic carbocycles. The van der Waals surface area contributed by atoms with Gasteiger partial charge in [0, 0.05) is 6.54 Å². The molecule has 0 bridgehead atoms. The van der Waals surface area contributed by atoms with Crippen LogP contribution in [-0.4, -0.2) is 16.8 Å². The molecule has 0 fully saturated rings. The second-order valence-corrected chi connectivity index (χ2v) is 3.92. The Bertz CT molecular complexity index is 311. The third kappa shape index (κ3) is 1.68. The monoisotopic (exact) mass is 191 g/mol. The van der Waals surface area contributed by atoms with Gasteiger partial charge in [0.05, 0.1) is 6.04 Å². The number of nitrogens with zero attached hydrogens (tertiary/aromatic N) is 1. The summed E-state index contributed by atoms with van der Waals surface area (Å²) in [5.74, 6) is 0. The molecular formula is C12H17NO. The van der Waals surface area contributed by atoms with E-state index in [1.807, 2.05) is 0 Å². The molecule has 0 saturated heterocycles. The van der Waals surface area contributed by atoms with Crippen molar-refractivity contribution >= 4 is 0 Å². The fourth-order valence-corrected chi connectivity index (χ4v) is 2.22. The quantitative estimate of drug-likeness (QED) is 0.777. The molecule has 1 unspecified atom stereocenters. The first-order chi connectivity index (χ1) is 6.83. The van der Waals surface area contributed by atoms with Crippen molar-refractivity contribution in [1.82, 2.24) is 5.06 Å². The second kappa shape index (κ2) is 4.11. The number of benzene rings is 1. The van der Waals surface area contributed by atoms with Gasteiger partial charge < -0.3 is 5.21 Å². The molecule has 0 aromatic heterocycles. The van der Waals surface area contributed by atoms with E-state index in [-0.39, 0.29) is 6.04 Å². The molecule has 1 aliphatic heterocycles. The van der Waals surface area contributed by atoms with Crippen LogP contribution in [0.1, 0.15) is 36.9 Å². The van der Waals surface area contributed by atoms with Crippen LogP contribution in [0.4, 0.5) is 0 Å². The summed E-state index contributed by atoms with van der Waals surface area (Å²) >= 11 is 0. The van der Waals surface area contributed by atoms with E-state index >= 15 is 0 Å². The van der Waals surface area contributed by atoms with Crippen molar-refractivity contribution in [2.75, 3.05) is 6.54 Å². The Morgan fingerprint density at radius 1 is 1.43 bits per heavy atom. The van der Waals surface area contributed by atoms with Crippen LogP contribution < -0.4 is 0 Å². The maximum absolute atomic E-state index is 9.78. The largest absolute Gasteiger partial charge is 0.313 e. The Labute approximate surface area is 85.1 Å². The van der Waals surface area contributed by atoms with Gasteiger partial charge in [-0.2, -0.15) is 5.06 Å². The molecule has 0 aliphatic carbocycles. The van der Waals surface area contributed by atoms with Crippen LogP contribution >= 0.6 is 0 Å². The van der Waals surface area contributed by atoms with Gasteiger partial charge in [0.1, 0.15) is 0 Å². The predicted octanol–water partition coefficient (Wildman–Crippen LogP) is 2.78. The smallest absolute Gasteiger partial charge is 0.0602 e. The summed E-state index contributed by atoms with van der Waals surface area (Å²) in [5, 5.41) is 11.3. The van der Waals surface area contributed by atoms with Crippen molar-refractivity contribution in [3.63, 3.8) is 0 Å². The molecule has 14 heavy (non-hydrogen) atoms. The van der Waals surface area contributed by atoms with Crippen LogP contribution in [-0.2, 0) is 6.42 Å². The van der Waals surface area contributed by atoms with Gasteiger partial charge in [0.2, 0.25) is 0 Å². The first-order valence-corrected chi connectivity index (χ1v) is 5.36. The van der Waals surface area contributed by atoms with E-state index in [0.29, 0.717) is 0 Å². The van der Waals surface area contributed by atoms with Gasteiger partial charge in [0.25, 0.3) is 0 Å². The third-order valence-electron chi connectivity index (χ3n) is 2.95. The minimum atomic E-state index is 0.213.